The molecule has 1 heterocycles. The molecule has 1 nitrogen and oxygen atoms in total. The van der Waals surface area contributed by atoms with E-state index < -0.39 is 17.7 Å². The van der Waals surface area contributed by atoms with Crippen LogP contribution < -0.4 is 0 Å². The van der Waals surface area contributed by atoms with Gasteiger partial charge in [-0.3, -0.25) is 0 Å². The van der Waals surface area contributed by atoms with Gasteiger partial charge in [-0.2, -0.15) is 17.6 Å². The first-order valence-corrected chi connectivity index (χ1v) is 5.95. The minimum Gasteiger partial charge on any atom is -0.228 e. The molecule has 0 aliphatic rings. The highest BCUT2D eigenvalue weighted by Crippen LogP contribution is 2.33. The number of hydrogen-bond acceptors (Lipinski definition) is 1. The summed E-state index contributed by atoms with van der Waals surface area (Å²) in [6, 6.07) is 6.09. The molecule has 1 aromatic carbocycles. The Morgan fingerprint density at radius 3 is 2.44 bits per heavy atom. The molecule has 0 aliphatic carbocycles. The van der Waals surface area contributed by atoms with Crippen molar-refractivity contribution in [2.45, 2.75) is 6.18 Å². The van der Waals surface area contributed by atoms with Crippen LogP contribution in [0.5, 0.6) is 0 Å². The van der Waals surface area contributed by atoms with Gasteiger partial charge in [0.05, 0.1) is 11.1 Å². The van der Waals surface area contributed by atoms with E-state index >= 15 is 0 Å². The highest BCUT2D eigenvalue weighted by molar-refractivity contribution is 14.1. The summed E-state index contributed by atoms with van der Waals surface area (Å²) in [5.41, 5.74) is -0.553. The molecule has 0 fully saturated rings. The van der Waals surface area contributed by atoms with Gasteiger partial charge >= 0.3 is 6.18 Å². The molecule has 0 saturated carbocycles. The summed E-state index contributed by atoms with van der Waals surface area (Å²) in [7, 11) is 0. The molecule has 0 radical (unpaired) electrons. The second-order valence-electron chi connectivity index (χ2n) is 3.54. The zero-order chi connectivity index (χ0) is 13.3. The summed E-state index contributed by atoms with van der Waals surface area (Å²) in [6.07, 6.45) is -3.17. The molecule has 18 heavy (non-hydrogen) atoms. The Balaban J connectivity index is 2.59. The van der Waals surface area contributed by atoms with Gasteiger partial charge in [-0.1, -0.05) is 12.1 Å². The Bertz CT molecular complexity index is 560. The van der Waals surface area contributed by atoms with E-state index in [0.717, 1.165) is 12.1 Å². The third-order valence-electron chi connectivity index (χ3n) is 2.33. The fraction of sp³-hybridized carbons (Fsp3) is 0.0833. The minimum atomic E-state index is -4.44. The first-order valence-electron chi connectivity index (χ1n) is 4.87. The maximum Gasteiger partial charge on any atom is 0.416 e. The zero-order valence-corrected chi connectivity index (χ0v) is 11.0. The summed E-state index contributed by atoms with van der Waals surface area (Å²) in [5, 5.41) is 0. The van der Waals surface area contributed by atoms with Crippen molar-refractivity contribution < 1.29 is 17.6 Å². The highest BCUT2D eigenvalue weighted by Gasteiger charge is 2.30. The third kappa shape index (κ3) is 2.63. The van der Waals surface area contributed by atoms with Crippen molar-refractivity contribution in [1.82, 2.24) is 4.98 Å². The van der Waals surface area contributed by atoms with E-state index in [1.807, 2.05) is 22.6 Å². The van der Waals surface area contributed by atoms with Crippen LogP contribution in [0.1, 0.15) is 5.56 Å². The molecule has 0 amide bonds. The number of nitrogens with zero attached hydrogens (tertiary/aromatic N) is 1. The normalized spacial score (nSPS) is 11.6. The number of rotatable bonds is 1. The molecule has 0 spiro atoms. The molecule has 94 valence electrons. The molecule has 1 aromatic heterocycles. The number of aromatic nitrogens is 1. The monoisotopic (exact) mass is 367 g/mol. The van der Waals surface area contributed by atoms with Crippen LogP contribution in [0.15, 0.2) is 36.5 Å². The van der Waals surface area contributed by atoms with E-state index in [0.29, 0.717) is 3.57 Å². The van der Waals surface area contributed by atoms with Crippen molar-refractivity contribution in [2.24, 2.45) is 0 Å². The van der Waals surface area contributed by atoms with Crippen molar-refractivity contribution in [3.8, 4) is 11.1 Å². The van der Waals surface area contributed by atoms with Gasteiger partial charge in [0.25, 0.3) is 0 Å². The molecule has 0 unspecified atom stereocenters. The zero-order valence-electron chi connectivity index (χ0n) is 8.80. The number of halogens is 5. The number of hydrogen-bond donors (Lipinski definition) is 0. The van der Waals surface area contributed by atoms with E-state index in [1.165, 1.54) is 18.3 Å². The fourth-order valence-corrected chi connectivity index (χ4v) is 2.22. The van der Waals surface area contributed by atoms with Crippen LogP contribution >= 0.6 is 22.6 Å². The Morgan fingerprint density at radius 1 is 1.11 bits per heavy atom. The molecule has 0 N–H and O–H groups in total. The number of benzene rings is 1. The second-order valence-corrected chi connectivity index (χ2v) is 4.70. The van der Waals surface area contributed by atoms with Crippen molar-refractivity contribution in [3.63, 3.8) is 0 Å². The highest BCUT2D eigenvalue weighted by atomic mass is 127. The van der Waals surface area contributed by atoms with Gasteiger partial charge in [-0.15, -0.1) is 0 Å². The smallest absolute Gasteiger partial charge is 0.228 e. The summed E-state index contributed by atoms with van der Waals surface area (Å²) in [5.74, 6) is -0.777. The molecule has 0 aliphatic heterocycles. The molecule has 2 rings (SSSR count). The lowest BCUT2D eigenvalue weighted by Gasteiger charge is -2.10. The molecule has 6 heteroatoms. The standard InChI is InChI=1S/C12H6F4IN/c13-11-10(9(17)4-5-18-11)7-2-1-3-8(6-7)12(14,15)16/h1-6H. The van der Waals surface area contributed by atoms with E-state index in [-0.39, 0.29) is 11.1 Å². The van der Waals surface area contributed by atoms with Gasteiger partial charge in [0.15, 0.2) is 0 Å². The van der Waals surface area contributed by atoms with Crippen molar-refractivity contribution in [3.05, 3.63) is 51.6 Å². The van der Waals surface area contributed by atoms with Gasteiger partial charge in [0.1, 0.15) is 0 Å². The van der Waals surface area contributed by atoms with Gasteiger partial charge in [0, 0.05) is 9.77 Å². The van der Waals surface area contributed by atoms with E-state index in [1.54, 1.807) is 6.07 Å². The maximum absolute atomic E-state index is 13.6. The summed E-state index contributed by atoms with van der Waals surface area (Å²) >= 11 is 1.86. The van der Waals surface area contributed by atoms with Crippen LogP contribution in [-0.4, -0.2) is 4.98 Å². The fourth-order valence-electron chi connectivity index (χ4n) is 1.52. The number of alkyl halides is 3. The Hall–Kier alpha value is -1.18. The molecule has 0 atom stereocenters. The lowest BCUT2D eigenvalue weighted by Crippen LogP contribution is -2.05. The Morgan fingerprint density at radius 2 is 1.83 bits per heavy atom. The quantitative estimate of drug-likeness (QED) is 0.411. The lowest BCUT2D eigenvalue weighted by molar-refractivity contribution is -0.137. The van der Waals surface area contributed by atoms with E-state index in [9.17, 15) is 17.6 Å². The van der Waals surface area contributed by atoms with Gasteiger partial charge in [0.2, 0.25) is 5.95 Å². The van der Waals surface area contributed by atoms with Gasteiger partial charge in [-0.25, -0.2) is 4.98 Å². The lowest BCUT2D eigenvalue weighted by atomic mass is 10.0. The third-order valence-corrected chi connectivity index (χ3v) is 3.23. The first-order chi connectivity index (χ1) is 8.39. The summed E-state index contributed by atoms with van der Waals surface area (Å²) < 4.78 is 51.8. The topological polar surface area (TPSA) is 12.9 Å². The summed E-state index contributed by atoms with van der Waals surface area (Å²) in [4.78, 5) is 3.46. The van der Waals surface area contributed by atoms with Crippen LogP contribution in [0.25, 0.3) is 11.1 Å². The van der Waals surface area contributed by atoms with Crippen LogP contribution in [0, 0.1) is 9.52 Å². The van der Waals surface area contributed by atoms with Crippen LogP contribution in [0.3, 0.4) is 0 Å². The van der Waals surface area contributed by atoms with Gasteiger partial charge < -0.3 is 0 Å². The first kappa shape index (κ1) is 13.3. The summed E-state index contributed by atoms with van der Waals surface area (Å²) in [6.45, 7) is 0. The second kappa shape index (κ2) is 4.83. The number of pyridine rings is 1. The average Bonchev–Trinajstić information content (AvgIpc) is 2.28. The molecule has 0 bridgehead atoms. The molecular weight excluding hydrogens is 361 g/mol. The largest absolute Gasteiger partial charge is 0.416 e. The van der Waals surface area contributed by atoms with Gasteiger partial charge in [-0.05, 0) is 46.4 Å². The Labute approximate surface area is 114 Å². The molecule has 0 saturated heterocycles. The predicted molar refractivity (Wildman–Crippen MR) is 67.4 cm³/mol. The van der Waals surface area contributed by atoms with Crippen molar-refractivity contribution >= 4 is 22.6 Å². The SMILES string of the molecule is Fc1nccc(I)c1-c1cccc(C(F)(F)F)c1. The van der Waals surface area contributed by atoms with Crippen molar-refractivity contribution in [2.75, 3.05) is 0 Å². The van der Waals surface area contributed by atoms with E-state index in [4.69, 9.17) is 0 Å². The molecule has 2 aromatic rings. The maximum atomic E-state index is 13.6. The van der Waals surface area contributed by atoms with Crippen LogP contribution in [0.2, 0.25) is 0 Å². The predicted octanol–water partition coefficient (Wildman–Crippen LogP) is 4.51. The minimum absolute atomic E-state index is 0.0872. The van der Waals surface area contributed by atoms with Crippen LogP contribution in [-0.2, 0) is 6.18 Å². The Kier molecular flexibility index (Phi) is 3.56. The van der Waals surface area contributed by atoms with E-state index in [2.05, 4.69) is 4.98 Å². The van der Waals surface area contributed by atoms with Crippen LogP contribution in [0.4, 0.5) is 17.6 Å². The average molecular weight is 367 g/mol. The van der Waals surface area contributed by atoms with Crippen molar-refractivity contribution in [1.29, 1.82) is 0 Å². The molecular formula is C12H6F4IN.